The summed E-state index contributed by atoms with van der Waals surface area (Å²) in [6.45, 7) is 0. The predicted octanol–water partition coefficient (Wildman–Crippen LogP) is 13.6. The molecule has 9 aromatic carbocycles. The minimum atomic E-state index is 0.626. The zero-order valence-electron chi connectivity index (χ0n) is 30.9. The third-order valence-corrected chi connectivity index (χ3v) is 11.0. The maximum Gasteiger partial charge on any atom is 0.164 e. The van der Waals surface area contributed by atoms with Gasteiger partial charge in [-0.25, -0.2) is 15.0 Å². The summed E-state index contributed by atoms with van der Waals surface area (Å²) in [4.78, 5) is 15.3. The van der Waals surface area contributed by atoms with E-state index in [-0.39, 0.29) is 0 Å². The van der Waals surface area contributed by atoms with E-state index < -0.39 is 0 Å². The van der Waals surface area contributed by atoms with E-state index in [4.69, 9.17) is 15.0 Å². The first kappa shape index (κ1) is 32.7. The summed E-state index contributed by atoms with van der Waals surface area (Å²) >= 11 is 0. The quantitative estimate of drug-likeness (QED) is 0.171. The first-order valence-corrected chi connectivity index (χ1v) is 19.3. The summed E-state index contributed by atoms with van der Waals surface area (Å²) in [5.74, 6) is 1.90. The Morgan fingerprint density at radius 3 is 1.63 bits per heavy atom. The lowest BCUT2D eigenvalue weighted by molar-refractivity contribution is 1.07. The fourth-order valence-corrected chi connectivity index (χ4v) is 8.28. The van der Waals surface area contributed by atoms with Gasteiger partial charge >= 0.3 is 0 Å². The molecule has 0 aliphatic rings. The number of hydrogen-bond acceptors (Lipinski definition) is 3. The lowest BCUT2D eigenvalue weighted by atomic mass is 9.99. The van der Waals surface area contributed by atoms with Crippen molar-refractivity contribution in [3.63, 3.8) is 0 Å². The van der Waals surface area contributed by atoms with Gasteiger partial charge in [-0.3, -0.25) is 0 Å². The maximum atomic E-state index is 5.16. The Bertz CT molecular complexity index is 3290. The van der Waals surface area contributed by atoms with Gasteiger partial charge in [0.25, 0.3) is 0 Å². The van der Waals surface area contributed by atoms with Crippen molar-refractivity contribution < 1.29 is 0 Å². The van der Waals surface area contributed by atoms with Crippen molar-refractivity contribution >= 4 is 43.4 Å². The molecule has 266 valence electrons. The lowest BCUT2D eigenvalue weighted by Gasteiger charge is -2.15. The van der Waals surface area contributed by atoms with Crippen LogP contribution in [0.2, 0.25) is 0 Å². The summed E-state index contributed by atoms with van der Waals surface area (Å²) < 4.78 is 2.41. The number of rotatable bonds is 6. The molecule has 0 saturated carbocycles. The van der Waals surface area contributed by atoms with Gasteiger partial charge in [0.15, 0.2) is 17.5 Å². The molecule has 0 saturated heterocycles. The van der Waals surface area contributed by atoms with Gasteiger partial charge in [-0.15, -0.1) is 0 Å². The molecule has 4 nitrogen and oxygen atoms in total. The topological polar surface area (TPSA) is 43.6 Å². The largest absolute Gasteiger partial charge is 0.309 e. The number of aromatic nitrogens is 4. The summed E-state index contributed by atoms with van der Waals surface area (Å²) in [5, 5.41) is 7.30. The fraction of sp³-hybridized carbons (Fsp3) is 0. The molecule has 0 unspecified atom stereocenters. The molecule has 2 aromatic heterocycles. The minimum Gasteiger partial charge on any atom is -0.309 e. The molecule has 4 heteroatoms. The van der Waals surface area contributed by atoms with Crippen molar-refractivity contribution in [3.8, 4) is 62.1 Å². The van der Waals surface area contributed by atoms with Gasteiger partial charge in [0, 0.05) is 33.0 Å². The van der Waals surface area contributed by atoms with Crippen LogP contribution in [0.25, 0.3) is 105 Å². The first-order chi connectivity index (χ1) is 28.2. The van der Waals surface area contributed by atoms with E-state index in [9.17, 15) is 0 Å². The molecule has 0 aliphatic carbocycles. The van der Waals surface area contributed by atoms with Crippen LogP contribution >= 0.6 is 0 Å². The molecule has 0 N–H and O–H groups in total. The Kier molecular flexibility index (Phi) is 7.78. The molecule has 0 aliphatic heterocycles. The van der Waals surface area contributed by atoms with Crippen molar-refractivity contribution in [2.45, 2.75) is 0 Å². The fourth-order valence-electron chi connectivity index (χ4n) is 8.28. The molecular weight excluding hydrogens is 693 g/mol. The lowest BCUT2D eigenvalue weighted by Crippen LogP contribution is -2.00. The maximum absolute atomic E-state index is 5.16. The van der Waals surface area contributed by atoms with Gasteiger partial charge < -0.3 is 4.57 Å². The smallest absolute Gasteiger partial charge is 0.164 e. The molecule has 0 bridgehead atoms. The first-order valence-electron chi connectivity index (χ1n) is 19.3. The van der Waals surface area contributed by atoms with Crippen LogP contribution in [0.1, 0.15) is 0 Å². The van der Waals surface area contributed by atoms with Gasteiger partial charge in [0.1, 0.15) is 0 Å². The highest BCUT2D eigenvalue weighted by Crippen LogP contribution is 2.40. The average molecular weight is 727 g/mol. The Morgan fingerprint density at radius 1 is 0.298 bits per heavy atom. The van der Waals surface area contributed by atoms with Crippen LogP contribution in [0.15, 0.2) is 206 Å². The van der Waals surface area contributed by atoms with Crippen LogP contribution in [-0.2, 0) is 0 Å². The summed E-state index contributed by atoms with van der Waals surface area (Å²) in [5.41, 5.74) is 10.9. The van der Waals surface area contributed by atoms with Gasteiger partial charge in [0.2, 0.25) is 0 Å². The monoisotopic (exact) mass is 726 g/mol. The number of nitrogens with zero attached hydrogens (tertiary/aromatic N) is 4. The van der Waals surface area contributed by atoms with Gasteiger partial charge in [-0.05, 0) is 74.6 Å². The second kappa shape index (κ2) is 13.6. The molecule has 0 atom stereocenters. The van der Waals surface area contributed by atoms with Crippen LogP contribution in [0.3, 0.4) is 0 Å². The number of hydrogen-bond donors (Lipinski definition) is 0. The average Bonchev–Trinajstić information content (AvgIpc) is 3.64. The van der Waals surface area contributed by atoms with Crippen molar-refractivity contribution in [2.75, 3.05) is 0 Å². The van der Waals surface area contributed by atoms with E-state index in [1.54, 1.807) is 0 Å². The molecular formula is C53H34N4. The van der Waals surface area contributed by atoms with Crippen molar-refractivity contribution in [1.29, 1.82) is 0 Å². The zero-order valence-corrected chi connectivity index (χ0v) is 30.9. The highest BCUT2D eigenvalue weighted by Gasteiger charge is 2.18. The molecule has 57 heavy (non-hydrogen) atoms. The van der Waals surface area contributed by atoms with E-state index in [0.717, 1.165) is 38.9 Å². The third kappa shape index (κ3) is 5.74. The zero-order chi connectivity index (χ0) is 37.7. The highest BCUT2D eigenvalue weighted by atomic mass is 15.0. The van der Waals surface area contributed by atoms with Gasteiger partial charge in [-0.1, -0.05) is 170 Å². The van der Waals surface area contributed by atoms with E-state index in [1.165, 1.54) is 49.1 Å². The molecule has 11 aromatic rings. The summed E-state index contributed by atoms with van der Waals surface area (Å²) in [6, 6.07) is 72.9. The molecule has 0 radical (unpaired) electrons. The van der Waals surface area contributed by atoms with E-state index in [2.05, 4.69) is 187 Å². The molecule has 0 fully saturated rings. The molecule has 0 spiro atoms. The standard InChI is InChI=1S/C53H34N4/c1-3-14-35(15-4-1)38-26-27-40-33-43(29-28-39(40)32-38)53-55-51(37-17-5-2-6-18-37)54-52(56-53)42-20-13-19-41(34-42)44-21-9-11-24-47(44)57-48-25-12-10-23-46(48)50-45-22-8-7-16-36(45)30-31-49(50)57/h1-34H. The predicted molar refractivity (Wildman–Crippen MR) is 236 cm³/mol. The van der Waals surface area contributed by atoms with E-state index in [0.29, 0.717) is 17.5 Å². The van der Waals surface area contributed by atoms with Crippen molar-refractivity contribution in [3.05, 3.63) is 206 Å². The second-order valence-corrected chi connectivity index (χ2v) is 14.4. The number of para-hydroxylation sites is 2. The SMILES string of the molecule is c1ccc(-c2ccc3cc(-c4nc(-c5ccccc5)nc(-c5cccc(-c6ccccc6-n6c7ccccc7c7c8ccccc8ccc76)c5)n4)ccc3c2)cc1. The van der Waals surface area contributed by atoms with Crippen LogP contribution in [0, 0.1) is 0 Å². The normalized spacial score (nSPS) is 11.5. The van der Waals surface area contributed by atoms with Crippen molar-refractivity contribution in [2.24, 2.45) is 0 Å². The molecule has 0 amide bonds. The minimum absolute atomic E-state index is 0.626. The van der Waals surface area contributed by atoms with Crippen LogP contribution in [0.4, 0.5) is 0 Å². The Labute approximate surface area is 330 Å². The second-order valence-electron chi connectivity index (χ2n) is 14.4. The van der Waals surface area contributed by atoms with E-state index in [1.807, 2.05) is 24.3 Å². The number of fused-ring (bicyclic) bond motifs is 6. The van der Waals surface area contributed by atoms with Crippen molar-refractivity contribution in [1.82, 2.24) is 19.5 Å². The van der Waals surface area contributed by atoms with Crippen LogP contribution < -0.4 is 0 Å². The van der Waals surface area contributed by atoms with Gasteiger partial charge in [-0.2, -0.15) is 0 Å². The van der Waals surface area contributed by atoms with Crippen LogP contribution in [0.5, 0.6) is 0 Å². The highest BCUT2D eigenvalue weighted by molar-refractivity contribution is 6.21. The Balaban J connectivity index is 1.05. The Hall–Kier alpha value is -7.69. The van der Waals surface area contributed by atoms with Gasteiger partial charge in [0.05, 0.1) is 16.7 Å². The summed E-state index contributed by atoms with van der Waals surface area (Å²) in [6.07, 6.45) is 0. The van der Waals surface area contributed by atoms with E-state index >= 15 is 0 Å². The van der Waals surface area contributed by atoms with Crippen LogP contribution in [-0.4, -0.2) is 19.5 Å². The molecule has 11 rings (SSSR count). The molecule has 2 heterocycles. The number of benzene rings is 9. The summed E-state index contributed by atoms with van der Waals surface area (Å²) in [7, 11) is 0. The Morgan fingerprint density at radius 2 is 0.842 bits per heavy atom. The third-order valence-electron chi connectivity index (χ3n) is 11.0.